The Kier molecular flexibility index (Phi) is 4.76. The lowest BCUT2D eigenvalue weighted by molar-refractivity contribution is -0.123. The van der Waals surface area contributed by atoms with Crippen LogP contribution in [0.15, 0.2) is 30.3 Å². The SMILES string of the molecule is CC(CNC(=O)[C@@H]1CCCCN1)c1ccccc1. The summed E-state index contributed by atoms with van der Waals surface area (Å²) in [5.41, 5.74) is 1.27. The summed E-state index contributed by atoms with van der Waals surface area (Å²) in [7, 11) is 0. The molecule has 0 saturated carbocycles. The first-order valence-corrected chi connectivity index (χ1v) is 6.83. The van der Waals surface area contributed by atoms with Gasteiger partial charge in [0.05, 0.1) is 6.04 Å². The van der Waals surface area contributed by atoms with Crippen molar-refractivity contribution in [1.29, 1.82) is 0 Å². The minimum absolute atomic E-state index is 0.0155. The summed E-state index contributed by atoms with van der Waals surface area (Å²) in [5, 5.41) is 6.32. The molecule has 2 N–H and O–H groups in total. The van der Waals surface area contributed by atoms with Gasteiger partial charge in [0.1, 0.15) is 0 Å². The van der Waals surface area contributed by atoms with Crippen LogP contribution in [0.3, 0.4) is 0 Å². The minimum atomic E-state index is 0.0155. The molecule has 18 heavy (non-hydrogen) atoms. The van der Waals surface area contributed by atoms with Crippen LogP contribution in [0.5, 0.6) is 0 Å². The summed E-state index contributed by atoms with van der Waals surface area (Å²) in [4.78, 5) is 12.0. The molecule has 1 aliphatic heterocycles. The lowest BCUT2D eigenvalue weighted by atomic mass is 10.0. The van der Waals surface area contributed by atoms with E-state index in [1.165, 1.54) is 12.0 Å². The van der Waals surface area contributed by atoms with Gasteiger partial charge in [-0.25, -0.2) is 0 Å². The van der Waals surface area contributed by atoms with Crippen LogP contribution in [-0.2, 0) is 4.79 Å². The second-order valence-corrected chi connectivity index (χ2v) is 5.06. The Hall–Kier alpha value is -1.35. The van der Waals surface area contributed by atoms with Crippen molar-refractivity contribution in [1.82, 2.24) is 10.6 Å². The maximum atomic E-state index is 12.0. The van der Waals surface area contributed by atoms with Gasteiger partial charge in [-0.15, -0.1) is 0 Å². The third-order valence-electron chi connectivity index (χ3n) is 3.58. The summed E-state index contributed by atoms with van der Waals surface area (Å²) in [6, 6.07) is 10.3. The fraction of sp³-hybridized carbons (Fsp3) is 0.533. The Bertz CT molecular complexity index is 371. The molecule has 0 bridgehead atoms. The number of carbonyl (C=O) groups is 1. The number of hydrogen-bond donors (Lipinski definition) is 2. The fourth-order valence-corrected chi connectivity index (χ4v) is 2.35. The first-order chi connectivity index (χ1) is 8.77. The molecular weight excluding hydrogens is 224 g/mol. The van der Waals surface area contributed by atoms with Gasteiger partial charge in [0, 0.05) is 6.54 Å². The molecule has 1 aliphatic rings. The highest BCUT2D eigenvalue weighted by Crippen LogP contribution is 2.13. The maximum Gasteiger partial charge on any atom is 0.237 e. The van der Waals surface area contributed by atoms with Crippen molar-refractivity contribution in [3.05, 3.63) is 35.9 Å². The third kappa shape index (κ3) is 3.57. The van der Waals surface area contributed by atoms with E-state index >= 15 is 0 Å². The van der Waals surface area contributed by atoms with Crippen molar-refractivity contribution < 1.29 is 4.79 Å². The number of nitrogens with one attached hydrogen (secondary N) is 2. The molecule has 98 valence electrons. The van der Waals surface area contributed by atoms with Gasteiger partial charge in [-0.1, -0.05) is 43.7 Å². The molecule has 0 aromatic heterocycles. The molecule has 3 nitrogen and oxygen atoms in total. The van der Waals surface area contributed by atoms with Gasteiger partial charge in [0.2, 0.25) is 5.91 Å². The lowest BCUT2D eigenvalue weighted by Crippen LogP contribution is -2.47. The van der Waals surface area contributed by atoms with E-state index < -0.39 is 0 Å². The highest BCUT2D eigenvalue weighted by Gasteiger charge is 2.20. The van der Waals surface area contributed by atoms with E-state index in [2.05, 4.69) is 29.7 Å². The Morgan fingerprint density at radius 3 is 2.83 bits per heavy atom. The van der Waals surface area contributed by atoms with E-state index in [0.717, 1.165) is 19.4 Å². The number of carbonyl (C=O) groups excluding carboxylic acids is 1. The van der Waals surface area contributed by atoms with Gasteiger partial charge < -0.3 is 10.6 Å². The van der Waals surface area contributed by atoms with Gasteiger partial charge in [0.15, 0.2) is 0 Å². The molecule has 2 atom stereocenters. The second kappa shape index (κ2) is 6.55. The molecule has 1 aromatic carbocycles. The van der Waals surface area contributed by atoms with E-state index in [9.17, 15) is 4.79 Å². The van der Waals surface area contributed by atoms with E-state index in [0.29, 0.717) is 12.5 Å². The third-order valence-corrected chi connectivity index (χ3v) is 3.58. The van der Waals surface area contributed by atoms with Crippen LogP contribution in [0, 0.1) is 0 Å². The first kappa shape index (κ1) is 13.1. The predicted molar refractivity (Wildman–Crippen MR) is 73.5 cm³/mol. The molecule has 1 aromatic rings. The number of benzene rings is 1. The highest BCUT2D eigenvalue weighted by molar-refractivity contribution is 5.81. The monoisotopic (exact) mass is 246 g/mol. The maximum absolute atomic E-state index is 12.0. The minimum Gasteiger partial charge on any atom is -0.354 e. The molecule has 0 radical (unpaired) electrons. The van der Waals surface area contributed by atoms with Crippen LogP contribution in [0.25, 0.3) is 0 Å². The second-order valence-electron chi connectivity index (χ2n) is 5.06. The van der Waals surface area contributed by atoms with Crippen LogP contribution in [0.1, 0.15) is 37.7 Å². The van der Waals surface area contributed by atoms with Gasteiger partial charge in [0.25, 0.3) is 0 Å². The van der Waals surface area contributed by atoms with E-state index in [-0.39, 0.29) is 11.9 Å². The zero-order valence-corrected chi connectivity index (χ0v) is 11.0. The Labute approximate surface area is 109 Å². The molecule has 1 saturated heterocycles. The van der Waals surface area contributed by atoms with Crippen molar-refractivity contribution >= 4 is 5.91 Å². The molecule has 1 fully saturated rings. The number of hydrogen-bond acceptors (Lipinski definition) is 2. The van der Waals surface area contributed by atoms with Crippen LogP contribution in [0.2, 0.25) is 0 Å². The van der Waals surface area contributed by atoms with Crippen molar-refractivity contribution in [2.45, 2.75) is 38.1 Å². The first-order valence-electron chi connectivity index (χ1n) is 6.83. The zero-order chi connectivity index (χ0) is 12.8. The Morgan fingerprint density at radius 2 is 2.17 bits per heavy atom. The summed E-state index contributed by atoms with van der Waals surface area (Å²) >= 11 is 0. The van der Waals surface area contributed by atoms with E-state index in [1.807, 2.05) is 18.2 Å². The average molecular weight is 246 g/mol. The topological polar surface area (TPSA) is 41.1 Å². The van der Waals surface area contributed by atoms with Crippen molar-refractivity contribution in [3.63, 3.8) is 0 Å². The van der Waals surface area contributed by atoms with E-state index in [1.54, 1.807) is 0 Å². The molecule has 2 rings (SSSR count). The summed E-state index contributed by atoms with van der Waals surface area (Å²) < 4.78 is 0. The lowest BCUT2D eigenvalue weighted by Gasteiger charge is -2.23. The number of rotatable bonds is 4. The van der Waals surface area contributed by atoms with Crippen LogP contribution in [-0.4, -0.2) is 25.0 Å². The number of piperidine rings is 1. The summed E-state index contributed by atoms with van der Waals surface area (Å²) in [5.74, 6) is 0.510. The Balaban J connectivity index is 1.78. The van der Waals surface area contributed by atoms with Crippen molar-refractivity contribution in [3.8, 4) is 0 Å². The quantitative estimate of drug-likeness (QED) is 0.853. The smallest absolute Gasteiger partial charge is 0.237 e. The molecule has 0 spiro atoms. The summed E-state index contributed by atoms with van der Waals surface area (Å²) in [6.45, 7) is 3.82. The molecule has 3 heteroatoms. The molecule has 1 unspecified atom stereocenters. The normalized spacial score (nSPS) is 21.3. The van der Waals surface area contributed by atoms with Crippen LogP contribution < -0.4 is 10.6 Å². The molecule has 0 aliphatic carbocycles. The van der Waals surface area contributed by atoms with E-state index in [4.69, 9.17) is 0 Å². The molecule has 1 amide bonds. The van der Waals surface area contributed by atoms with Crippen molar-refractivity contribution in [2.24, 2.45) is 0 Å². The fourth-order valence-electron chi connectivity index (χ4n) is 2.35. The molecular formula is C15H22N2O. The average Bonchev–Trinajstić information content (AvgIpc) is 2.46. The number of amides is 1. The molecule has 1 heterocycles. The predicted octanol–water partition coefficient (Wildman–Crippen LogP) is 2.05. The Morgan fingerprint density at radius 1 is 1.39 bits per heavy atom. The largest absolute Gasteiger partial charge is 0.354 e. The zero-order valence-electron chi connectivity index (χ0n) is 11.0. The summed E-state index contributed by atoms with van der Waals surface area (Å²) in [6.07, 6.45) is 3.30. The van der Waals surface area contributed by atoms with Crippen LogP contribution >= 0.6 is 0 Å². The van der Waals surface area contributed by atoms with Crippen molar-refractivity contribution in [2.75, 3.05) is 13.1 Å². The standard InChI is InChI=1S/C15H22N2O/c1-12(13-7-3-2-4-8-13)11-17-15(18)14-9-5-6-10-16-14/h2-4,7-8,12,14,16H,5-6,9-11H2,1H3,(H,17,18)/t12?,14-/m0/s1. The van der Waals surface area contributed by atoms with Crippen LogP contribution in [0.4, 0.5) is 0 Å². The highest BCUT2D eigenvalue weighted by atomic mass is 16.2. The van der Waals surface area contributed by atoms with Gasteiger partial charge in [-0.2, -0.15) is 0 Å². The van der Waals surface area contributed by atoms with Gasteiger partial charge >= 0.3 is 0 Å². The van der Waals surface area contributed by atoms with Gasteiger partial charge in [-0.3, -0.25) is 4.79 Å². The van der Waals surface area contributed by atoms with Gasteiger partial charge in [-0.05, 0) is 30.9 Å².